The molecule has 1 aliphatic heterocycles. The topological polar surface area (TPSA) is 67.4 Å². The zero-order valence-corrected chi connectivity index (χ0v) is 17.8. The van der Waals surface area contributed by atoms with Crippen LogP contribution in [0.3, 0.4) is 0 Å². The van der Waals surface area contributed by atoms with Gasteiger partial charge in [-0.1, -0.05) is 0 Å². The van der Waals surface area contributed by atoms with E-state index < -0.39 is 29.7 Å². The van der Waals surface area contributed by atoms with E-state index >= 15 is 4.39 Å². The molecule has 0 atom stereocenters. The highest BCUT2D eigenvalue weighted by Gasteiger charge is 2.52. The fourth-order valence-electron chi connectivity index (χ4n) is 3.77. The summed E-state index contributed by atoms with van der Waals surface area (Å²) in [7, 11) is -0.712. The molecule has 3 rings (SSSR count). The molecule has 1 aromatic heterocycles. The van der Waals surface area contributed by atoms with Crippen molar-refractivity contribution in [3.8, 4) is 6.07 Å². The van der Waals surface area contributed by atoms with Crippen LogP contribution in [0.4, 0.5) is 4.39 Å². The minimum Gasteiger partial charge on any atom is -0.399 e. The lowest BCUT2D eigenvalue weighted by atomic mass is 9.78. The third kappa shape index (κ3) is 3.04. The van der Waals surface area contributed by atoms with Crippen LogP contribution in [0.5, 0.6) is 0 Å². The average Bonchev–Trinajstić information content (AvgIpc) is 2.98. The number of rotatable bonds is 3. The number of halogens is 1. The molecule has 7 heteroatoms. The van der Waals surface area contributed by atoms with Gasteiger partial charge in [-0.2, -0.15) is 5.26 Å². The van der Waals surface area contributed by atoms with E-state index in [2.05, 4.69) is 6.07 Å². The Morgan fingerprint density at radius 1 is 1.18 bits per heavy atom. The molecule has 1 fully saturated rings. The molecule has 28 heavy (non-hydrogen) atoms. The van der Waals surface area contributed by atoms with Gasteiger partial charge in [0.25, 0.3) is 0 Å². The Morgan fingerprint density at radius 2 is 1.71 bits per heavy atom. The number of hydrogen-bond acceptors (Lipinski definition) is 4. The molecule has 5 nitrogen and oxygen atoms in total. The summed E-state index contributed by atoms with van der Waals surface area (Å²) in [6.07, 6.45) is 0. The summed E-state index contributed by atoms with van der Waals surface area (Å²) in [6.45, 7) is 14.9. The highest BCUT2D eigenvalue weighted by atomic mass is 19.1. The van der Waals surface area contributed by atoms with Gasteiger partial charge in [0.05, 0.1) is 33.4 Å². The van der Waals surface area contributed by atoms with Gasteiger partial charge >= 0.3 is 7.12 Å². The van der Waals surface area contributed by atoms with Gasteiger partial charge in [0.1, 0.15) is 17.5 Å². The van der Waals surface area contributed by atoms with Crippen molar-refractivity contribution in [2.75, 3.05) is 0 Å². The van der Waals surface area contributed by atoms with Crippen molar-refractivity contribution in [1.29, 1.82) is 5.26 Å². The van der Waals surface area contributed by atoms with E-state index in [1.54, 1.807) is 19.9 Å². The van der Waals surface area contributed by atoms with Crippen LogP contribution in [0.25, 0.3) is 10.9 Å². The second-order valence-corrected chi connectivity index (χ2v) is 9.34. The highest BCUT2D eigenvalue weighted by Crippen LogP contribution is 2.39. The Balaban J connectivity index is 2.30. The van der Waals surface area contributed by atoms with Gasteiger partial charge in [-0.25, -0.2) is 4.39 Å². The molecular weight excluding hydrogens is 358 g/mol. The van der Waals surface area contributed by atoms with E-state index in [1.165, 1.54) is 6.07 Å². The first-order valence-electron chi connectivity index (χ1n) is 9.57. The van der Waals surface area contributed by atoms with Crippen molar-refractivity contribution in [2.24, 2.45) is 0 Å². The summed E-state index contributed by atoms with van der Waals surface area (Å²) in [5.74, 6) is -0.524. The van der Waals surface area contributed by atoms with E-state index in [1.807, 2.05) is 46.1 Å². The molecule has 2 heterocycles. The standard InChI is InChI=1S/C21H28BFN2O3/c1-12(2)25-16-10-13(22-27-20(5,6)21(7,8)28-22)9-15(23)17(16)14(11-24)18(25)19(3,4)26/h9-10,12,26H,1-8H3. The maximum atomic E-state index is 15.2. The van der Waals surface area contributed by atoms with Crippen LogP contribution in [0, 0.1) is 17.1 Å². The van der Waals surface area contributed by atoms with Crippen LogP contribution in [-0.2, 0) is 14.9 Å². The number of benzene rings is 1. The third-order valence-corrected chi connectivity index (χ3v) is 5.81. The second-order valence-electron chi connectivity index (χ2n) is 9.34. The van der Waals surface area contributed by atoms with Crippen molar-refractivity contribution < 1.29 is 18.8 Å². The fourth-order valence-corrected chi connectivity index (χ4v) is 3.77. The summed E-state index contributed by atoms with van der Waals surface area (Å²) in [4.78, 5) is 0. The molecule has 150 valence electrons. The Morgan fingerprint density at radius 3 is 2.14 bits per heavy atom. The smallest absolute Gasteiger partial charge is 0.399 e. The van der Waals surface area contributed by atoms with Crippen molar-refractivity contribution in [2.45, 2.75) is 78.2 Å². The number of nitriles is 1. The van der Waals surface area contributed by atoms with Crippen molar-refractivity contribution >= 4 is 23.5 Å². The van der Waals surface area contributed by atoms with Crippen molar-refractivity contribution in [3.05, 3.63) is 29.2 Å². The Bertz CT molecular complexity index is 964. The summed E-state index contributed by atoms with van der Waals surface area (Å²) in [5, 5.41) is 20.6. The predicted molar refractivity (Wildman–Crippen MR) is 108 cm³/mol. The zero-order valence-electron chi connectivity index (χ0n) is 17.8. The zero-order chi connectivity index (χ0) is 21.2. The van der Waals surface area contributed by atoms with Gasteiger partial charge in [-0.15, -0.1) is 0 Å². The molecule has 1 saturated heterocycles. The normalized spacial score (nSPS) is 18.9. The summed E-state index contributed by atoms with van der Waals surface area (Å²) >= 11 is 0. The molecule has 0 aliphatic carbocycles. The lowest BCUT2D eigenvalue weighted by Gasteiger charge is -2.32. The first kappa shape index (κ1) is 20.8. The van der Waals surface area contributed by atoms with Gasteiger partial charge in [0, 0.05) is 6.04 Å². The van der Waals surface area contributed by atoms with Crippen LogP contribution in [0.15, 0.2) is 12.1 Å². The summed E-state index contributed by atoms with van der Waals surface area (Å²) < 4.78 is 29.2. The highest BCUT2D eigenvalue weighted by molar-refractivity contribution is 6.62. The van der Waals surface area contributed by atoms with Gasteiger partial charge in [-0.3, -0.25) is 0 Å². The van der Waals surface area contributed by atoms with E-state index in [4.69, 9.17) is 9.31 Å². The predicted octanol–water partition coefficient (Wildman–Crippen LogP) is 3.76. The molecule has 0 saturated carbocycles. The number of fused-ring (bicyclic) bond motifs is 1. The maximum absolute atomic E-state index is 15.2. The average molecular weight is 386 g/mol. The number of aromatic nitrogens is 1. The van der Waals surface area contributed by atoms with E-state index in [0.717, 1.165) is 0 Å². The molecule has 1 N–H and O–H groups in total. The Labute approximate surface area is 166 Å². The lowest BCUT2D eigenvalue weighted by molar-refractivity contribution is 0.00578. The molecule has 0 unspecified atom stereocenters. The van der Waals surface area contributed by atoms with E-state index in [9.17, 15) is 10.4 Å². The van der Waals surface area contributed by atoms with Crippen molar-refractivity contribution in [1.82, 2.24) is 4.57 Å². The summed E-state index contributed by atoms with van der Waals surface area (Å²) in [6, 6.07) is 5.18. The van der Waals surface area contributed by atoms with E-state index in [0.29, 0.717) is 16.7 Å². The van der Waals surface area contributed by atoms with Gasteiger partial charge < -0.3 is 19.0 Å². The SMILES string of the molecule is CC(C)n1c(C(C)(C)O)c(C#N)c2c(F)cc(B3OC(C)(C)C(C)(C)O3)cc21. The first-order chi connectivity index (χ1) is 12.7. The van der Waals surface area contributed by atoms with E-state index in [-0.39, 0.29) is 17.0 Å². The third-order valence-electron chi connectivity index (χ3n) is 5.81. The van der Waals surface area contributed by atoms with Crippen LogP contribution in [-0.4, -0.2) is 28.0 Å². The maximum Gasteiger partial charge on any atom is 0.495 e. The molecule has 2 aromatic rings. The summed E-state index contributed by atoms with van der Waals surface area (Å²) in [5.41, 5.74) is -0.716. The minimum atomic E-state index is -1.30. The molecule has 1 aliphatic rings. The second kappa shape index (κ2) is 6.31. The van der Waals surface area contributed by atoms with Gasteiger partial charge in [0.2, 0.25) is 0 Å². The number of nitrogens with zero attached hydrogens (tertiary/aromatic N) is 2. The molecule has 0 spiro atoms. The van der Waals surface area contributed by atoms with Crippen LogP contribution >= 0.6 is 0 Å². The Kier molecular flexibility index (Phi) is 4.70. The van der Waals surface area contributed by atoms with Crippen LogP contribution in [0.2, 0.25) is 0 Å². The molecule has 0 bridgehead atoms. The molecule has 0 amide bonds. The van der Waals surface area contributed by atoms with Crippen LogP contribution in [0.1, 0.15) is 72.7 Å². The Hall–Kier alpha value is -1.88. The first-order valence-corrected chi connectivity index (χ1v) is 9.57. The monoisotopic (exact) mass is 386 g/mol. The number of hydrogen-bond donors (Lipinski definition) is 1. The van der Waals surface area contributed by atoms with Gasteiger partial charge in [0.15, 0.2) is 0 Å². The minimum absolute atomic E-state index is 0.0843. The molecular formula is C21H28BFN2O3. The largest absolute Gasteiger partial charge is 0.495 e. The lowest BCUT2D eigenvalue weighted by Crippen LogP contribution is -2.41. The quantitative estimate of drug-likeness (QED) is 0.816. The van der Waals surface area contributed by atoms with Crippen LogP contribution < -0.4 is 5.46 Å². The van der Waals surface area contributed by atoms with Gasteiger partial charge in [-0.05, 0) is 73.0 Å². The van der Waals surface area contributed by atoms with Crippen molar-refractivity contribution in [3.63, 3.8) is 0 Å². The fraction of sp³-hybridized carbons (Fsp3) is 0.571. The molecule has 0 radical (unpaired) electrons. The molecule has 1 aromatic carbocycles. The number of aliphatic hydroxyl groups is 1.